The largest absolute Gasteiger partial charge is 0.310 e. The van der Waals surface area contributed by atoms with Gasteiger partial charge in [-0.1, -0.05) is 26.7 Å². The number of halogens is 2. The summed E-state index contributed by atoms with van der Waals surface area (Å²) in [5.74, 6) is 1.71. The molecule has 108 valence electrons. The van der Waals surface area contributed by atoms with Gasteiger partial charge >= 0.3 is 0 Å². The summed E-state index contributed by atoms with van der Waals surface area (Å²) >= 11 is 9.14. The first kappa shape index (κ1) is 16.0. The fourth-order valence-electron chi connectivity index (χ4n) is 3.01. The molecule has 1 nitrogen and oxygen atoms in total. The van der Waals surface area contributed by atoms with E-state index in [1.165, 1.54) is 45.2 Å². The molecule has 1 heterocycles. The van der Waals surface area contributed by atoms with Crippen LogP contribution >= 0.6 is 43.2 Å². The van der Waals surface area contributed by atoms with Gasteiger partial charge in [0.15, 0.2) is 0 Å². The molecule has 1 saturated carbocycles. The second-order valence-corrected chi connectivity index (χ2v) is 9.48. The second-order valence-electron chi connectivity index (χ2n) is 5.73. The highest BCUT2D eigenvalue weighted by Gasteiger charge is 2.28. The van der Waals surface area contributed by atoms with Crippen LogP contribution in [0.15, 0.2) is 13.6 Å². The molecule has 1 aliphatic carbocycles. The molecule has 1 N–H and O–H groups in total. The van der Waals surface area contributed by atoms with E-state index in [1.807, 2.05) is 0 Å². The Hall–Kier alpha value is 0.620. The zero-order valence-electron chi connectivity index (χ0n) is 11.7. The van der Waals surface area contributed by atoms with Gasteiger partial charge in [0.1, 0.15) is 0 Å². The highest BCUT2D eigenvalue weighted by molar-refractivity contribution is 9.12. The number of nitrogens with one attached hydrogen (secondary N) is 1. The van der Waals surface area contributed by atoms with Crippen molar-refractivity contribution in [2.45, 2.75) is 52.0 Å². The van der Waals surface area contributed by atoms with Crippen molar-refractivity contribution in [1.29, 1.82) is 0 Å². The van der Waals surface area contributed by atoms with Crippen molar-refractivity contribution in [1.82, 2.24) is 5.32 Å². The summed E-state index contributed by atoms with van der Waals surface area (Å²) in [7, 11) is 0. The first-order chi connectivity index (χ1) is 9.11. The Morgan fingerprint density at radius 2 is 2.00 bits per heavy atom. The number of hydrogen-bond acceptors (Lipinski definition) is 2. The van der Waals surface area contributed by atoms with Crippen molar-refractivity contribution in [3.05, 3.63) is 19.2 Å². The summed E-state index contributed by atoms with van der Waals surface area (Å²) in [6.45, 7) is 5.74. The minimum absolute atomic E-state index is 0.518. The molecule has 1 unspecified atom stereocenters. The topological polar surface area (TPSA) is 12.0 Å². The van der Waals surface area contributed by atoms with Crippen LogP contribution in [-0.2, 0) is 0 Å². The van der Waals surface area contributed by atoms with Crippen LogP contribution in [0.25, 0.3) is 0 Å². The van der Waals surface area contributed by atoms with Gasteiger partial charge < -0.3 is 5.32 Å². The summed E-state index contributed by atoms with van der Waals surface area (Å²) in [4.78, 5) is 0. The van der Waals surface area contributed by atoms with Gasteiger partial charge in [-0.05, 0) is 81.1 Å². The molecular weight excluding hydrogens is 386 g/mol. The van der Waals surface area contributed by atoms with Crippen molar-refractivity contribution in [2.75, 3.05) is 6.54 Å². The Bertz CT molecular complexity index is 397. The Morgan fingerprint density at radius 3 is 2.53 bits per heavy atom. The van der Waals surface area contributed by atoms with Crippen LogP contribution in [-0.4, -0.2) is 6.54 Å². The van der Waals surface area contributed by atoms with Crippen molar-refractivity contribution in [2.24, 2.45) is 11.8 Å². The summed E-state index contributed by atoms with van der Waals surface area (Å²) < 4.78 is 2.51. The van der Waals surface area contributed by atoms with E-state index in [4.69, 9.17) is 0 Å². The number of thiophene rings is 1. The third-order valence-electron chi connectivity index (χ3n) is 4.16. The molecule has 1 aromatic heterocycles. The summed E-state index contributed by atoms with van der Waals surface area (Å²) in [5, 5.41) is 3.78. The van der Waals surface area contributed by atoms with Gasteiger partial charge in [0.05, 0.1) is 7.57 Å². The van der Waals surface area contributed by atoms with E-state index in [9.17, 15) is 0 Å². The smallest absolute Gasteiger partial charge is 0.0758 e. The van der Waals surface area contributed by atoms with E-state index in [2.05, 4.69) is 57.1 Å². The van der Waals surface area contributed by atoms with Crippen molar-refractivity contribution in [3.63, 3.8) is 0 Å². The minimum Gasteiger partial charge on any atom is -0.310 e. The molecule has 1 aliphatic rings. The van der Waals surface area contributed by atoms with E-state index in [-0.39, 0.29) is 0 Å². The van der Waals surface area contributed by atoms with Gasteiger partial charge in [0.25, 0.3) is 0 Å². The maximum Gasteiger partial charge on any atom is 0.0758 e. The van der Waals surface area contributed by atoms with E-state index < -0.39 is 0 Å². The zero-order chi connectivity index (χ0) is 13.8. The molecule has 0 saturated heterocycles. The van der Waals surface area contributed by atoms with E-state index in [0.29, 0.717) is 6.04 Å². The van der Waals surface area contributed by atoms with Crippen molar-refractivity contribution < 1.29 is 0 Å². The Morgan fingerprint density at radius 1 is 1.32 bits per heavy atom. The molecule has 0 bridgehead atoms. The highest BCUT2D eigenvalue weighted by Crippen LogP contribution is 2.42. The van der Waals surface area contributed by atoms with Gasteiger partial charge in [0, 0.05) is 6.04 Å². The standard InChI is InChI=1S/C15H23Br2NS/c1-3-8-18-14(11-6-4-10(2)5-7-11)12-9-13(16)19-15(12)17/h9-11,14,18H,3-8H2,1-2H3. The van der Waals surface area contributed by atoms with Gasteiger partial charge in [0.2, 0.25) is 0 Å². The first-order valence-corrected chi connectivity index (χ1v) is 9.70. The number of hydrogen-bond donors (Lipinski definition) is 1. The van der Waals surface area contributed by atoms with Gasteiger partial charge in [-0.3, -0.25) is 0 Å². The predicted molar refractivity (Wildman–Crippen MR) is 91.9 cm³/mol. The second kappa shape index (κ2) is 7.58. The van der Waals surface area contributed by atoms with Gasteiger partial charge in [-0.25, -0.2) is 0 Å². The lowest BCUT2D eigenvalue weighted by Gasteiger charge is -2.33. The highest BCUT2D eigenvalue weighted by atomic mass is 79.9. The Kier molecular flexibility index (Phi) is 6.38. The molecule has 2 rings (SSSR count). The lowest BCUT2D eigenvalue weighted by Crippen LogP contribution is -2.31. The van der Waals surface area contributed by atoms with Gasteiger partial charge in [-0.15, -0.1) is 11.3 Å². The van der Waals surface area contributed by atoms with Crippen LogP contribution in [0, 0.1) is 11.8 Å². The van der Waals surface area contributed by atoms with Crippen LogP contribution in [0.5, 0.6) is 0 Å². The van der Waals surface area contributed by atoms with Crippen LogP contribution < -0.4 is 5.32 Å². The molecule has 1 atom stereocenters. The fourth-order valence-corrected chi connectivity index (χ4v) is 5.94. The average molecular weight is 409 g/mol. The molecule has 4 heteroatoms. The first-order valence-electron chi connectivity index (χ1n) is 7.30. The van der Waals surface area contributed by atoms with Crippen LogP contribution in [0.2, 0.25) is 0 Å². The lowest BCUT2D eigenvalue weighted by atomic mass is 9.78. The molecule has 0 aliphatic heterocycles. The molecule has 0 amide bonds. The maximum atomic E-state index is 3.78. The normalized spacial score (nSPS) is 25.5. The molecule has 1 fully saturated rings. The molecular formula is C15H23Br2NS. The summed E-state index contributed by atoms with van der Waals surface area (Å²) in [5.41, 5.74) is 1.45. The van der Waals surface area contributed by atoms with Gasteiger partial charge in [-0.2, -0.15) is 0 Å². The van der Waals surface area contributed by atoms with E-state index >= 15 is 0 Å². The SMILES string of the molecule is CCCNC(c1cc(Br)sc1Br)C1CCC(C)CC1. The predicted octanol–water partition coefficient (Wildman–Crippen LogP) is 6.14. The summed E-state index contributed by atoms with van der Waals surface area (Å²) in [6.07, 6.45) is 6.70. The molecule has 1 aromatic rings. The molecule has 0 spiro atoms. The van der Waals surface area contributed by atoms with Crippen LogP contribution in [0.1, 0.15) is 57.6 Å². The summed E-state index contributed by atoms with van der Waals surface area (Å²) in [6, 6.07) is 2.81. The third-order valence-corrected chi connectivity index (χ3v) is 6.55. The zero-order valence-corrected chi connectivity index (χ0v) is 15.7. The lowest BCUT2D eigenvalue weighted by molar-refractivity contribution is 0.231. The third kappa shape index (κ3) is 4.29. The van der Waals surface area contributed by atoms with E-state index in [1.54, 1.807) is 11.3 Å². The maximum absolute atomic E-state index is 3.78. The van der Waals surface area contributed by atoms with Crippen LogP contribution in [0.4, 0.5) is 0 Å². The quantitative estimate of drug-likeness (QED) is 0.616. The average Bonchev–Trinajstić information content (AvgIpc) is 2.71. The molecule has 19 heavy (non-hydrogen) atoms. The van der Waals surface area contributed by atoms with Crippen LogP contribution in [0.3, 0.4) is 0 Å². The molecule has 0 radical (unpaired) electrons. The number of rotatable bonds is 5. The van der Waals surface area contributed by atoms with Crippen molar-refractivity contribution in [3.8, 4) is 0 Å². The minimum atomic E-state index is 0.518. The Labute approximate surface area is 137 Å². The van der Waals surface area contributed by atoms with E-state index in [0.717, 1.165) is 18.4 Å². The van der Waals surface area contributed by atoms with Crippen molar-refractivity contribution >= 4 is 43.2 Å². The Balaban J connectivity index is 2.13. The molecule has 0 aromatic carbocycles. The fraction of sp³-hybridized carbons (Fsp3) is 0.733. The monoisotopic (exact) mass is 407 g/mol.